The molecule has 3 heterocycles. The molecule has 0 aromatic heterocycles. The number of imide groups is 1. The van der Waals surface area contributed by atoms with Crippen molar-refractivity contribution in [3.63, 3.8) is 0 Å². The van der Waals surface area contributed by atoms with E-state index in [0.717, 1.165) is 49.5 Å². The van der Waals surface area contributed by atoms with Gasteiger partial charge in [-0.15, -0.1) is 5.92 Å². The van der Waals surface area contributed by atoms with Crippen molar-refractivity contribution in [1.82, 2.24) is 15.1 Å². The third kappa shape index (κ3) is 4.76. The van der Waals surface area contributed by atoms with Crippen molar-refractivity contribution < 1.29 is 23.5 Å². The maximum absolute atomic E-state index is 14.0. The van der Waals surface area contributed by atoms with Crippen molar-refractivity contribution in [3.05, 3.63) is 59.4 Å². The second kappa shape index (κ2) is 10.2. The van der Waals surface area contributed by atoms with Crippen LogP contribution in [0.15, 0.2) is 42.5 Å². The van der Waals surface area contributed by atoms with Gasteiger partial charge in [0.25, 0.3) is 5.91 Å². The third-order valence-electron chi connectivity index (χ3n) is 7.29. The van der Waals surface area contributed by atoms with Gasteiger partial charge in [0.2, 0.25) is 0 Å². The quantitative estimate of drug-likeness (QED) is 0.496. The minimum Gasteiger partial charge on any atom is -0.486 e. The zero-order valence-electron chi connectivity index (χ0n) is 20.4. The number of hydrogen-bond acceptors (Lipinski definition) is 5. The van der Waals surface area contributed by atoms with Gasteiger partial charge in [-0.05, 0) is 74.2 Å². The van der Waals surface area contributed by atoms with E-state index in [1.807, 2.05) is 12.1 Å². The van der Waals surface area contributed by atoms with Crippen LogP contribution in [0.1, 0.15) is 30.9 Å². The molecule has 1 unspecified atom stereocenters. The summed E-state index contributed by atoms with van der Waals surface area (Å²) in [6.07, 6.45) is 1.72. The fourth-order valence-electron chi connectivity index (χ4n) is 5.48. The Morgan fingerprint density at radius 1 is 1.06 bits per heavy atom. The third-order valence-corrected chi connectivity index (χ3v) is 7.29. The molecule has 8 heteroatoms. The number of amides is 3. The van der Waals surface area contributed by atoms with E-state index in [4.69, 9.17) is 9.47 Å². The fourth-order valence-corrected chi connectivity index (χ4v) is 5.48. The number of hydrogen-bond donors (Lipinski definition) is 1. The summed E-state index contributed by atoms with van der Waals surface area (Å²) in [5.74, 6) is 6.42. The van der Waals surface area contributed by atoms with Crippen LogP contribution in [0.4, 0.5) is 9.18 Å². The number of halogens is 1. The molecule has 1 N–H and O–H groups in total. The summed E-state index contributed by atoms with van der Waals surface area (Å²) in [6, 6.07) is 11.9. The highest BCUT2D eigenvalue weighted by molar-refractivity contribution is 6.07. The van der Waals surface area contributed by atoms with Crippen LogP contribution in [-0.2, 0) is 17.8 Å². The van der Waals surface area contributed by atoms with Crippen LogP contribution in [0, 0.1) is 23.6 Å². The average molecular weight is 492 g/mol. The van der Waals surface area contributed by atoms with Crippen molar-refractivity contribution in [3.8, 4) is 23.3 Å². The molecule has 1 atom stereocenters. The second-order valence-electron chi connectivity index (χ2n) is 9.55. The molecule has 3 aliphatic heterocycles. The summed E-state index contributed by atoms with van der Waals surface area (Å²) in [5.41, 5.74) is 0.719. The predicted octanol–water partition coefficient (Wildman–Crippen LogP) is 3.37. The number of rotatable bonds is 6. The standard InChI is InChI=1S/C28H30FN3O4/c1-2-3-11-32-26(33)28(30-27(32)34,18-20-5-4-6-23(29)16-20)22-9-12-31(13-10-22)19-21-7-8-24-25(17-21)36-15-14-35-24/h4-8,16-17,22H,9-15,18-19H2,1H3,(H,30,34). The number of piperidine rings is 1. The van der Waals surface area contributed by atoms with E-state index in [2.05, 4.69) is 28.1 Å². The van der Waals surface area contributed by atoms with E-state index in [1.165, 1.54) is 17.0 Å². The van der Waals surface area contributed by atoms with Gasteiger partial charge in [0, 0.05) is 13.0 Å². The number of urea groups is 1. The van der Waals surface area contributed by atoms with E-state index < -0.39 is 11.6 Å². The maximum Gasteiger partial charge on any atom is 0.325 e. The highest BCUT2D eigenvalue weighted by Gasteiger charge is 2.55. The first-order valence-corrected chi connectivity index (χ1v) is 12.4. The lowest BCUT2D eigenvalue weighted by molar-refractivity contribution is -0.133. The van der Waals surface area contributed by atoms with Crippen LogP contribution in [0.25, 0.3) is 0 Å². The largest absolute Gasteiger partial charge is 0.486 e. The molecule has 2 aromatic carbocycles. The lowest BCUT2D eigenvalue weighted by Gasteiger charge is -2.41. The Morgan fingerprint density at radius 3 is 2.58 bits per heavy atom. The topological polar surface area (TPSA) is 71.1 Å². The van der Waals surface area contributed by atoms with Gasteiger partial charge >= 0.3 is 6.03 Å². The van der Waals surface area contributed by atoms with Crippen LogP contribution in [0.2, 0.25) is 0 Å². The molecular formula is C28H30FN3O4. The SMILES string of the molecule is CC#CCN1C(=O)NC(Cc2cccc(F)c2)(C2CCN(Cc3ccc4c(c3)OCCO4)CC2)C1=O. The molecule has 2 aromatic rings. The Morgan fingerprint density at radius 2 is 1.83 bits per heavy atom. The number of likely N-dealkylation sites (tertiary alicyclic amines) is 1. The Bertz CT molecular complexity index is 1210. The molecule has 0 aliphatic carbocycles. The molecule has 0 radical (unpaired) electrons. The van der Waals surface area contributed by atoms with E-state index in [-0.39, 0.29) is 30.6 Å². The van der Waals surface area contributed by atoms with Crippen LogP contribution in [0.3, 0.4) is 0 Å². The lowest BCUT2D eigenvalue weighted by atomic mass is 9.74. The Labute approximate surface area is 210 Å². The fraction of sp³-hybridized carbons (Fsp3) is 0.429. The number of carbonyl (C=O) groups is 2. The Hall–Kier alpha value is -3.57. The summed E-state index contributed by atoms with van der Waals surface area (Å²) >= 11 is 0. The molecule has 36 heavy (non-hydrogen) atoms. The van der Waals surface area contributed by atoms with Crippen molar-refractivity contribution in [2.45, 2.75) is 38.3 Å². The molecule has 7 nitrogen and oxygen atoms in total. The normalized spacial score (nSPS) is 22.2. The summed E-state index contributed by atoms with van der Waals surface area (Å²) < 4.78 is 25.3. The highest BCUT2D eigenvalue weighted by Crippen LogP contribution is 2.37. The van der Waals surface area contributed by atoms with Gasteiger partial charge in [-0.2, -0.15) is 0 Å². The zero-order chi connectivity index (χ0) is 25.1. The summed E-state index contributed by atoms with van der Waals surface area (Å²) in [5, 5.41) is 3.01. The van der Waals surface area contributed by atoms with E-state index >= 15 is 0 Å². The lowest BCUT2D eigenvalue weighted by Crippen LogP contribution is -2.57. The molecule has 188 valence electrons. The molecule has 0 bridgehead atoms. The molecule has 2 fully saturated rings. The first-order valence-electron chi connectivity index (χ1n) is 12.4. The maximum atomic E-state index is 14.0. The summed E-state index contributed by atoms with van der Waals surface area (Å²) in [6.45, 7) is 5.16. The van der Waals surface area contributed by atoms with Gasteiger partial charge in [-0.1, -0.05) is 24.1 Å². The minimum absolute atomic E-state index is 0.0506. The number of nitrogens with one attached hydrogen (secondary N) is 1. The molecule has 5 rings (SSSR count). The van der Waals surface area contributed by atoms with Crippen LogP contribution in [0.5, 0.6) is 11.5 Å². The molecule has 0 spiro atoms. The van der Waals surface area contributed by atoms with Crippen LogP contribution in [-0.4, -0.2) is 60.1 Å². The number of nitrogens with zero attached hydrogens (tertiary/aromatic N) is 2. The smallest absolute Gasteiger partial charge is 0.325 e. The molecule has 0 saturated carbocycles. The molecule has 3 aliphatic rings. The van der Waals surface area contributed by atoms with Gasteiger partial charge in [0.05, 0.1) is 6.54 Å². The van der Waals surface area contributed by atoms with Gasteiger partial charge < -0.3 is 14.8 Å². The van der Waals surface area contributed by atoms with Crippen molar-refractivity contribution in [2.75, 3.05) is 32.8 Å². The molecular weight excluding hydrogens is 461 g/mol. The van der Waals surface area contributed by atoms with Crippen molar-refractivity contribution in [2.24, 2.45) is 5.92 Å². The van der Waals surface area contributed by atoms with E-state index in [1.54, 1.807) is 19.1 Å². The van der Waals surface area contributed by atoms with Crippen molar-refractivity contribution in [1.29, 1.82) is 0 Å². The predicted molar refractivity (Wildman–Crippen MR) is 132 cm³/mol. The van der Waals surface area contributed by atoms with Gasteiger partial charge in [0.15, 0.2) is 11.5 Å². The molecule has 2 saturated heterocycles. The highest BCUT2D eigenvalue weighted by atomic mass is 19.1. The van der Waals surface area contributed by atoms with E-state index in [9.17, 15) is 14.0 Å². The molecule has 3 amide bonds. The average Bonchev–Trinajstić information content (AvgIpc) is 3.12. The van der Waals surface area contributed by atoms with Gasteiger partial charge in [-0.3, -0.25) is 14.6 Å². The number of fused-ring (bicyclic) bond motifs is 1. The monoisotopic (exact) mass is 491 g/mol. The number of ether oxygens (including phenoxy) is 2. The Balaban J connectivity index is 1.32. The van der Waals surface area contributed by atoms with Gasteiger partial charge in [-0.25, -0.2) is 9.18 Å². The van der Waals surface area contributed by atoms with E-state index in [0.29, 0.717) is 18.8 Å². The van der Waals surface area contributed by atoms with Gasteiger partial charge in [0.1, 0.15) is 24.6 Å². The van der Waals surface area contributed by atoms with Crippen LogP contribution >= 0.6 is 0 Å². The first kappa shape index (κ1) is 24.1. The van der Waals surface area contributed by atoms with Crippen molar-refractivity contribution >= 4 is 11.9 Å². The Kier molecular flexibility index (Phi) is 6.84. The minimum atomic E-state index is -1.11. The zero-order valence-corrected chi connectivity index (χ0v) is 20.4. The second-order valence-corrected chi connectivity index (χ2v) is 9.55. The van der Waals surface area contributed by atoms with Crippen LogP contribution < -0.4 is 14.8 Å². The first-order chi connectivity index (χ1) is 17.5. The summed E-state index contributed by atoms with van der Waals surface area (Å²) in [4.78, 5) is 30.1. The number of carbonyl (C=O) groups excluding carboxylic acids is 2. The summed E-state index contributed by atoms with van der Waals surface area (Å²) in [7, 11) is 0. The number of benzene rings is 2.